The monoisotopic (exact) mass is 399 g/mol. The number of hydrogen-bond acceptors (Lipinski definition) is 6. The topological polar surface area (TPSA) is 103 Å². The maximum absolute atomic E-state index is 12.4. The van der Waals surface area contributed by atoms with E-state index in [-0.39, 0.29) is 26.5 Å². The van der Waals surface area contributed by atoms with E-state index in [0.29, 0.717) is 5.56 Å². The Bertz CT molecular complexity index is 902. The Labute approximate surface area is 155 Å². The quantitative estimate of drug-likeness (QED) is 0.332. The molecule has 3 N–H and O–H groups in total. The number of benzene rings is 2. The molecule has 0 aliphatic carbocycles. The van der Waals surface area contributed by atoms with Crippen molar-refractivity contribution in [3.8, 4) is 11.5 Å². The molecule has 0 heterocycles. The molecular formula is C15H14ClN3O4S2. The maximum Gasteiger partial charge on any atom is 0.339 e. The minimum Gasteiger partial charge on any atom is -0.493 e. The van der Waals surface area contributed by atoms with Crippen molar-refractivity contribution in [2.75, 3.05) is 7.11 Å². The summed E-state index contributed by atoms with van der Waals surface area (Å²) < 4.78 is 35.0. The van der Waals surface area contributed by atoms with Crippen molar-refractivity contribution in [1.29, 1.82) is 0 Å². The summed E-state index contributed by atoms with van der Waals surface area (Å²) >= 11 is 10.8. The number of hydrogen-bond donors (Lipinski definition) is 2. The lowest BCUT2D eigenvalue weighted by atomic mass is 10.2. The normalized spacial score (nSPS) is 11.3. The van der Waals surface area contributed by atoms with Crippen LogP contribution in [0.15, 0.2) is 52.5 Å². The minimum atomic E-state index is -4.05. The third-order valence-corrected chi connectivity index (χ3v) is 4.47. The largest absolute Gasteiger partial charge is 0.493 e. The van der Waals surface area contributed by atoms with Gasteiger partial charge in [-0.1, -0.05) is 29.8 Å². The van der Waals surface area contributed by atoms with Crippen LogP contribution in [0.3, 0.4) is 0 Å². The second-order valence-corrected chi connectivity index (χ2v) is 7.01. The van der Waals surface area contributed by atoms with E-state index in [1.54, 1.807) is 18.2 Å². The molecule has 0 bridgehead atoms. The summed E-state index contributed by atoms with van der Waals surface area (Å²) in [6, 6.07) is 10.7. The lowest BCUT2D eigenvalue weighted by Crippen LogP contribution is -2.24. The highest BCUT2D eigenvalue weighted by molar-refractivity contribution is 7.87. The van der Waals surface area contributed by atoms with Crippen molar-refractivity contribution >= 4 is 45.3 Å². The highest BCUT2D eigenvalue weighted by Crippen LogP contribution is 2.37. The van der Waals surface area contributed by atoms with Crippen LogP contribution in [0.2, 0.25) is 5.02 Å². The Balaban J connectivity index is 2.35. The summed E-state index contributed by atoms with van der Waals surface area (Å²) in [5, 5.41) is 3.84. The van der Waals surface area contributed by atoms with Gasteiger partial charge in [0, 0.05) is 0 Å². The van der Waals surface area contributed by atoms with E-state index in [2.05, 4.69) is 22.7 Å². The van der Waals surface area contributed by atoms with Gasteiger partial charge in [-0.3, -0.25) is 5.43 Å². The minimum absolute atomic E-state index is 0.000540. The van der Waals surface area contributed by atoms with Gasteiger partial charge in [0.15, 0.2) is 10.9 Å². The number of rotatable bonds is 6. The first kappa shape index (κ1) is 19.0. The molecule has 0 aliphatic rings. The first-order valence-electron chi connectivity index (χ1n) is 6.79. The van der Waals surface area contributed by atoms with Gasteiger partial charge in [0.2, 0.25) is 5.75 Å². The molecule has 2 rings (SSSR count). The molecule has 7 nitrogen and oxygen atoms in total. The van der Waals surface area contributed by atoms with Gasteiger partial charge >= 0.3 is 10.1 Å². The van der Waals surface area contributed by atoms with Gasteiger partial charge in [-0.25, -0.2) is 0 Å². The van der Waals surface area contributed by atoms with Crippen molar-refractivity contribution in [3.63, 3.8) is 0 Å². The summed E-state index contributed by atoms with van der Waals surface area (Å²) in [6.45, 7) is 0. The van der Waals surface area contributed by atoms with E-state index in [9.17, 15) is 8.42 Å². The zero-order valence-corrected chi connectivity index (χ0v) is 15.4. The van der Waals surface area contributed by atoms with E-state index < -0.39 is 10.1 Å². The predicted molar refractivity (Wildman–Crippen MR) is 99.8 cm³/mol. The van der Waals surface area contributed by atoms with Crippen LogP contribution in [0.5, 0.6) is 11.5 Å². The number of nitrogens with two attached hydrogens (primary N) is 1. The smallest absolute Gasteiger partial charge is 0.339 e. The molecule has 0 unspecified atom stereocenters. The van der Waals surface area contributed by atoms with Crippen LogP contribution in [-0.2, 0) is 10.1 Å². The molecule has 0 spiro atoms. The Hall–Kier alpha value is -2.36. The summed E-state index contributed by atoms with van der Waals surface area (Å²) in [4.78, 5) is -0.000540. The van der Waals surface area contributed by atoms with Crippen molar-refractivity contribution in [1.82, 2.24) is 5.43 Å². The first-order chi connectivity index (χ1) is 11.8. The second-order valence-electron chi connectivity index (χ2n) is 4.62. The molecule has 0 saturated carbocycles. The first-order valence-corrected chi connectivity index (χ1v) is 8.98. The molecule has 10 heteroatoms. The van der Waals surface area contributed by atoms with Gasteiger partial charge in [-0.05, 0) is 42.0 Å². The fourth-order valence-corrected chi connectivity index (χ4v) is 3.14. The lowest BCUT2D eigenvalue weighted by molar-refractivity contribution is 0.390. The fourth-order valence-electron chi connectivity index (χ4n) is 1.81. The number of nitrogens with one attached hydrogen (secondary N) is 1. The zero-order chi connectivity index (χ0) is 18.4. The maximum atomic E-state index is 12.4. The Kier molecular flexibility index (Phi) is 6.18. The van der Waals surface area contributed by atoms with Crippen LogP contribution >= 0.6 is 23.8 Å². The van der Waals surface area contributed by atoms with E-state index >= 15 is 0 Å². The van der Waals surface area contributed by atoms with Crippen LogP contribution in [0.4, 0.5) is 0 Å². The van der Waals surface area contributed by atoms with E-state index in [1.807, 2.05) is 0 Å². The number of nitrogens with zero attached hydrogens (tertiary/aromatic N) is 1. The highest BCUT2D eigenvalue weighted by Gasteiger charge is 2.21. The molecule has 0 radical (unpaired) electrons. The average molecular weight is 400 g/mol. The van der Waals surface area contributed by atoms with Crippen molar-refractivity contribution < 1.29 is 17.3 Å². The van der Waals surface area contributed by atoms with Crippen LogP contribution in [0.1, 0.15) is 5.56 Å². The number of methoxy groups -OCH3 is 1. The number of hydrazone groups is 1. The number of halogens is 1. The zero-order valence-electron chi connectivity index (χ0n) is 13.0. The van der Waals surface area contributed by atoms with Crippen molar-refractivity contribution in [2.45, 2.75) is 4.90 Å². The Morgan fingerprint density at radius 2 is 2.00 bits per heavy atom. The van der Waals surface area contributed by atoms with E-state index in [0.717, 1.165) is 0 Å². The third kappa shape index (κ3) is 5.05. The Morgan fingerprint density at radius 3 is 2.60 bits per heavy atom. The van der Waals surface area contributed by atoms with Gasteiger partial charge in [-0.15, -0.1) is 0 Å². The molecule has 0 amide bonds. The van der Waals surface area contributed by atoms with Crippen LogP contribution in [0, 0.1) is 0 Å². The third-order valence-electron chi connectivity index (χ3n) is 2.87. The molecular weight excluding hydrogens is 386 g/mol. The average Bonchev–Trinajstić information content (AvgIpc) is 2.57. The van der Waals surface area contributed by atoms with E-state index in [1.165, 1.54) is 37.6 Å². The van der Waals surface area contributed by atoms with Crippen LogP contribution < -0.4 is 20.1 Å². The summed E-state index contributed by atoms with van der Waals surface area (Å²) in [5.41, 5.74) is 8.18. The van der Waals surface area contributed by atoms with Crippen LogP contribution in [-0.4, -0.2) is 26.9 Å². The van der Waals surface area contributed by atoms with E-state index in [4.69, 9.17) is 26.3 Å². The molecule has 0 atom stereocenters. The van der Waals surface area contributed by atoms with Gasteiger partial charge in [0.25, 0.3) is 0 Å². The molecule has 0 saturated heterocycles. The van der Waals surface area contributed by atoms with Gasteiger partial charge in [0.1, 0.15) is 4.90 Å². The molecule has 25 heavy (non-hydrogen) atoms. The van der Waals surface area contributed by atoms with Crippen molar-refractivity contribution in [3.05, 3.63) is 53.1 Å². The van der Waals surface area contributed by atoms with Crippen molar-refractivity contribution in [2.24, 2.45) is 10.8 Å². The highest BCUT2D eigenvalue weighted by atomic mass is 35.5. The molecule has 0 aliphatic heterocycles. The predicted octanol–water partition coefficient (Wildman–Crippen LogP) is 2.28. The summed E-state index contributed by atoms with van der Waals surface area (Å²) in [7, 11) is -2.69. The van der Waals surface area contributed by atoms with Gasteiger partial charge in [-0.2, -0.15) is 13.5 Å². The van der Waals surface area contributed by atoms with Gasteiger partial charge < -0.3 is 14.7 Å². The SMILES string of the molecule is COc1cc(/C=N/NC(N)=S)cc(Cl)c1OS(=O)(=O)c1ccccc1. The molecule has 0 aromatic heterocycles. The molecule has 2 aromatic carbocycles. The van der Waals surface area contributed by atoms with Gasteiger partial charge in [0.05, 0.1) is 18.3 Å². The fraction of sp³-hybridized carbons (Fsp3) is 0.0667. The second kappa shape index (κ2) is 8.15. The standard InChI is InChI=1S/C15H14ClN3O4S2/c1-22-13-8-10(9-18-19-15(17)24)7-12(16)14(13)23-25(20,21)11-5-3-2-4-6-11/h2-9H,1H3,(H3,17,19,24)/b18-9+. The molecule has 0 fully saturated rings. The summed E-state index contributed by atoms with van der Waals surface area (Å²) in [6.07, 6.45) is 1.39. The summed E-state index contributed by atoms with van der Waals surface area (Å²) in [5.74, 6) is 0.0104. The Morgan fingerprint density at radius 1 is 1.32 bits per heavy atom. The molecule has 132 valence electrons. The number of ether oxygens (including phenoxy) is 1. The molecule has 2 aromatic rings. The lowest BCUT2D eigenvalue weighted by Gasteiger charge is -2.13. The number of thiocarbonyl (C=S) groups is 1. The van der Waals surface area contributed by atoms with Crippen LogP contribution in [0.25, 0.3) is 0 Å².